The maximum absolute atomic E-state index is 13.1. The fourth-order valence-electron chi connectivity index (χ4n) is 2.83. The van der Waals surface area contributed by atoms with E-state index < -0.39 is 6.04 Å². The number of ether oxygens (including phenoxy) is 1. The Labute approximate surface area is 171 Å². The van der Waals surface area contributed by atoms with E-state index in [9.17, 15) is 9.59 Å². The minimum Gasteiger partial charge on any atom is -0.497 e. The molecule has 2 aromatic rings. The molecule has 0 saturated carbocycles. The first-order valence-corrected chi connectivity index (χ1v) is 9.77. The highest BCUT2D eigenvalue weighted by atomic mass is 35.5. The van der Waals surface area contributed by atoms with Crippen LogP contribution in [0, 0.1) is 0 Å². The summed E-state index contributed by atoms with van der Waals surface area (Å²) >= 11 is 6.08. The van der Waals surface area contributed by atoms with E-state index in [0.29, 0.717) is 18.1 Å². The van der Waals surface area contributed by atoms with Gasteiger partial charge in [-0.2, -0.15) is 0 Å². The molecule has 1 N–H and O–H groups in total. The fourth-order valence-corrected chi connectivity index (χ4v) is 3.04. The summed E-state index contributed by atoms with van der Waals surface area (Å²) in [5.74, 6) is 0.454. The molecule has 0 saturated heterocycles. The lowest BCUT2D eigenvalue weighted by Crippen LogP contribution is -2.48. The quantitative estimate of drug-likeness (QED) is 0.693. The second-order valence-corrected chi connectivity index (χ2v) is 7.08. The summed E-state index contributed by atoms with van der Waals surface area (Å²) in [6.07, 6.45) is 1.04. The standard InChI is InChI=1S/C22H27ClN2O3/c1-4-12-24-22(27)16(2)25(15-18-6-5-7-19(23)13-18)21(26)14-17-8-10-20(28-3)11-9-17/h5-11,13,16H,4,12,14-15H2,1-3H3,(H,24,27)/t16-/m1/s1. The number of amides is 2. The van der Waals surface area contributed by atoms with Gasteiger partial charge in [-0.3, -0.25) is 9.59 Å². The molecule has 5 nitrogen and oxygen atoms in total. The maximum atomic E-state index is 13.1. The largest absolute Gasteiger partial charge is 0.497 e. The Morgan fingerprint density at radius 1 is 1.14 bits per heavy atom. The summed E-state index contributed by atoms with van der Waals surface area (Å²) in [6.45, 7) is 4.64. The van der Waals surface area contributed by atoms with Crippen LogP contribution < -0.4 is 10.1 Å². The first-order chi connectivity index (χ1) is 13.4. The van der Waals surface area contributed by atoms with Crippen molar-refractivity contribution in [3.8, 4) is 5.75 Å². The highest BCUT2D eigenvalue weighted by Crippen LogP contribution is 2.17. The van der Waals surface area contributed by atoms with Gasteiger partial charge in [-0.25, -0.2) is 0 Å². The predicted octanol–water partition coefficient (Wildman–Crippen LogP) is 3.83. The Hall–Kier alpha value is -2.53. The van der Waals surface area contributed by atoms with Gasteiger partial charge in [0.1, 0.15) is 11.8 Å². The number of benzene rings is 2. The van der Waals surface area contributed by atoms with Crippen LogP contribution in [-0.4, -0.2) is 36.4 Å². The van der Waals surface area contributed by atoms with Crippen LogP contribution in [0.3, 0.4) is 0 Å². The number of hydrogen-bond acceptors (Lipinski definition) is 3. The summed E-state index contributed by atoms with van der Waals surface area (Å²) in [7, 11) is 1.60. The number of nitrogens with one attached hydrogen (secondary N) is 1. The van der Waals surface area contributed by atoms with Gasteiger partial charge in [0.25, 0.3) is 0 Å². The third-order valence-corrected chi connectivity index (χ3v) is 4.71. The van der Waals surface area contributed by atoms with Crippen molar-refractivity contribution >= 4 is 23.4 Å². The molecular weight excluding hydrogens is 376 g/mol. The van der Waals surface area contributed by atoms with Crippen LogP contribution in [0.5, 0.6) is 5.75 Å². The number of carbonyl (C=O) groups excluding carboxylic acids is 2. The molecule has 6 heteroatoms. The second-order valence-electron chi connectivity index (χ2n) is 6.64. The van der Waals surface area contributed by atoms with Gasteiger partial charge < -0.3 is 15.0 Å². The minimum atomic E-state index is -0.587. The molecule has 2 aromatic carbocycles. The summed E-state index contributed by atoms with van der Waals surface area (Å²) in [6, 6.07) is 14.1. The zero-order valence-corrected chi connectivity index (χ0v) is 17.3. The number of rotatable bonds is 9. The lowest BCUT2D eigenvalue weighted by atomic mass is 10.1. The van der Waals surface area contributed by atoms with Crippen molar-refractivity contribution in [3.05, 3.63) is 64.7 Å². The van der Waals surface area contributed by atoms with Crippen LogP contribution in [0.2, 0.25) is 5.02 Å². The summed E-state index contributed by atoms with van der Waals surface area (Å²) < 4.78 is 5.16. The van der Waals surface area contributed by atoms with E-state index in [1.54, 1.807) is 25.0 Å². The molecule has 0 spiro atoms. The maximum Gasteiger partial charge on any atom is 0.242 e. The molecule has 0 unspecified atom stereocenters. The van der Waals surface area contributed by atoms with E-state index in [2.05, 4.69) is 5.32 Å². The number of nitrogens with zero attached hydrogens (tertiary/aromatic N) is 1. The van der Waals surface area contributed by atoms with Gasteiger partial charge in [0.15, 0.2) is 0 Å². The number of hydrogen-bond donors (Lipinski definition) is 1. The van der Waals surface area contributed by atoms with Gasteiger partial charge >= 0.3 is 0 Å². The van der Waals surface area contributed by atoms with Crippen molar-refractivity contribution in [2.45, 2.75) is 39.3 Å². The topological polar surface area (TPSA) is 58.6 Å². The predicted molar refractivity (Wildman–Crippen MR) is 111 cm³/mol. The first-order valence-electron chi connectivity index (χ1n) is 9.39. The molecule has 2 amide bonds. The van der Waals surface area contributed by atoms with Gasteiger partial charge in [-0.15, -0.1) is 0 Å². The number of carbonyl (C=O) groups is 2. The van der Waals surface area contributed by atoms with Crippen molar-refractivity contribution < 1.29 is 14.3 Å². The lowest BCUT2D eigenvalue weighted by molar-refractivity contribution is -0.140. The monoisotopic (exact) mass is 402 g/mol. The molecule has 1 atom stereocenters. The fraction of sp³-hybridized carbons (Fsp3) is 0.364. The zero-order chi connectivity index (χ0) is 20.5. The van der Waals surface area contributed by atoms with Gasteiger partial charge in [0, 0.05) is 18.1 Å². The van der Waals surface area contributed by atoms with E-state index in [1.807, 2.05) is 49.4 Å². The van der Waals surface area contributed by atoms with Gasteiger partial charge in [0.2, 0.25) is 11.8 Å². The molecule has 0 heterocycles. The third-order valence-electron chi connectivity index (χ3n) is 4.47. The Bertz CT molecular complexity index is 793. The average Bonchev–Trinajstić information content (AvgIpc) is 2.70. The molecule has 0 aliphatic rings. The van der Waals surface area contributed by atoms with Crippen molar-refractivity contribution in [1.82, 2.24) is 10.2 Å². The van der Waals surface area contributed by atoms with Crippen molar-refractivity contribution in [3.63, 3.8) is 0 Å². The smallest absolute Gasteiger partial charge is 0.242 e. The molecule has 0 bridgehead atoms. The normalized spacial score (nSPS) is 11.6. The molecule has 0 radical (unpaired) electrons. The SMILES string of the molecule is CCCNC(=O)[C@@H](C)N(Cc1cccc(Cl)c1)C(=O)Cc1ccc(OC)cc1. The van der Waals surface area contributed by atoms with Gasteiger partial charge in [0.05, 0.1) is 13.5 Å². The van der Waals surface area contributed by atoms with Gasteiger partial charge in [-0.05, 0) is 48.7 Å². The van der Waals surface area contributed by atoms with Crippen molar-refractivity contribution in [1.29, 1.82) is 0 Å². The number of halogens is 1. The Morgan fingerprint density at radius 2 is 1.86 bits per heavy atom. The van der Waals surface area contributed by atoms with E-state index in [0.717, 1.165) is 23.3 Å². The molecule has 28 heavy (non-hydrogen) atoms. The average molecular weight is 403 g/mol. The Balaban J connectivity index is 2.19. The van der Waals surface area contributed by atoms with E-state index in [1.165, 1.54) is 0 Å². The molecule has 0 aliphatic carbocycles. The third kappa shape index (κ3) is 6.27. The summed E-state index contributed by atoms with van der Waals surface area (Å²) in [5, 5.41) is 3.47. The Kier molecular flexibility index (Phi) is 8.33. The molecule has 2 rings (SSSR count). The van der Waals surface area contributed by atoms with Gasteiger partial charge in [-0.1, -0.05) is 42.8 Å². The highest BCUT2D eigenvalue weighted by Gasteiger charge is 2.26. The van der Waals surface area contributed by atoms with Crippen molar-refractivity contribution in [2.24, 2.45) is 0 Å². The van der Waals surface area contributed by atoms with E-state index in [4.69, 9.17) is 16.3 Å². The molecule has 0 fully saturated rings. The van der Waals surface area contributed by atoms with E-state index in [-0.39, 0.29) is 18.2 Å². The van der Waals surface area contributed by atoms with Crippen LogP contribution in [0.25, 0.3) is 0 Å². The molecule has 0 aromatic heterocycles. The molecular formula is C22H27ClN2O3. The van der Waals surface area contributed by atoms with Crippen LogP contribution in [0.1, 0.15) is 31.4 Å². The van der Waals surface area contributed by atoms with E-state index >= 15 is 0 Å². The molecule has 0 aliphatic heterocycles. The summed E-state index contributed by atoms with van der Waals surface area (Å²) in [5.41, 5.74) is 1.74. The van der Waals surface area contributed by atoms with Crippen LogP contribution in [0.4, 0.5) is 0 Å². The van der Waals surface area contributed by atoms with Crippen molar-refractivity contribution in [2.75, 3.05) is 13.7 Å². The number of methoxy groups -OCH3 is 1. The molecule has 150 valence electrons. The second kappa shape index (κ2) is 10.7. The first kappa shape index (κ1) is 21.8. The summed E-state index contributed by atoms with van der Waals surface area (Å²) in [4.78, 5) is 27.1. The van der Waals surface area contributed by atoms with Crippen LogP contribution in [-0.2, 0) is 22.6 Å². The van der Waals surface area contributed by atoms with Crippen LogP contribution in [0.15, 0.2) is 48.5 Å². The minimum absolute atomic E-state index is 0.121. The van der Waals surface area contributed by atoms with Crippen LogP contribution >= 0.6 is 11.6 Å². The lowest BCUT2D eigenvalue weighted by Gasteiger charge is -2.29. The Morgan fingerprint density at radius 3 is 2.46 bits per heavy atom. The zero-order valence-electron chi connectivity index (χ0n) is 16.6. The highest BCUT2D eigenvalue weighted by molar-refractivity contribution is 6.30.